The summed E-state index contributed by atoms with van der Waals surface area (Å²) in [4.78, 5) is 30.3. The minimum Gasteiger partial charge on any atom is -0.506 e. The van der Waals surface area contributed by atoms with Crippen LogP contribution in [0.1, 0.15) is 5.56 Å². The van der Waals surface area contributed by atoms with Crippen LogP contribution in [0.25, 0.3) is 0 Å². The fourth-order valence-corrected chi connectivity index (χ4v) is 2.68. The number of aromatic hydroxyl groups is 1. The van der Waals surface area contributed by atoms with E-state index in [1.165, 1.54) is 17.2 Å². The number of nitrogens with one attached hydrogen (secondary N) is 1. The molecule has 0 saturated carbocycles. The number of benzene rings is 2. The molecular weight excluding hydrogens is 338 g/mol. The van der Waals surface area contributed by atoms with Crippen LogP contribution in [0.2, 0.25) is 0 Å². The van der Waals surface area contributed by atoms with Crippen molar-refractivity contribution in [2.45, 2.75) is 6.92 Å². The molecule has 1 saturated heterocycles. The number of aliphatic imine (C=N–C) groups is 1. The topological polar surface area (TPSA) is 82.0 Å². The Morgan fingerprint density at radius 1 is 1.16 bits per heavy atom. The quantitative estimate of drug-likeness (QED) is 0.504. The van der Waals surface area contributed by atoms with Crippen molar-refractivity contribution in [2.24, 2.45) is 10.9 Å². The normalized spacial score (nSPS) is 17.9. The number of anilines is 1. The van der Waals surface area contributed by atoms with Crippen LogP contribution in [0.15, 0.2) is 53.5 Å². The number of hydrogen-bond donors (Lipinski definition) is 2. The number of phenols is 1. The fraction of sp³-hybridized carbons (Fsp3) is 0.111. The Kier molecular flexibility index (Phi) is 4.58. The number of phenolic OH excluding ortho intramolecular Hbond substituents is 1. The van der Waals surface area contributed by atoms with Gasteiger partial charge in [-0.1, -0.05) is 29.8 Å². The van der Waals surface area contributed by atoms with Gasteiger partial charge in [0.2, 0.25) is 5.91 Å². The Hall–Kier alpha value is -3.06. The minimum atomic E-state index is -1.13. The molecule has 1 atom stereocenters. The van der Waals surface area contributed by atoms with Gasteiger partial charge in [0.1, 0.15) is 11.4 Å². The molecule has 0 radical (unpaired) electrons. The van der Waals surface area contributed by atoms with E-state index in [-0.39, 0.29) is 16.5 Å². The van der Waals surface area contributed by atoms with Crippen molar-refractivity contribution in [3.05, 3.63) is 54.1 Å². The van der Waals surface area contributed by atoms with Crippen LogP contribution in [0.3, 0.4) is 0 Å². The first-order valence-electron chi connectivity index (χ1n) is 7.55. The molecule has 7 heteroatoms. The molecule has 0 spiro atoms. The van der Waals surface area contributed by atoms with Crippen molar-refractivity contribution in [3.8, 4) is 5.75 Å². The Bertz CT molecular complexity index is 877. The molecule has 0 bridgehead atoms. The van der Waals surface area contributed by atoms with Gasteiger partial charge >= 0.3 is 0 Å². The van der Waals surface area contributed by atoms with Gasteiger partial charge in [0.05, 0.1) is 5.69 Å². The van der Waals surface area contributed by atoms with Gasteiger partial charge in [-0.3, -0.25) is 19.5 Å². The van der Waals surface area contributed by atoms with Crippen LogP contribution in [-0.4, -0.2) is 28.2 Å². The number of carbonyl (C=O) groups excluding carboxylic acids is 2. The van der Waals surface area contributed by atoms with Crippen molar-refractivity contribution in [2.75, 3.05) is 4.90 Å². The highest BCUT2D eigenvalue weighted by molar-refractivity contribution is 7.80. The highest BCUT2D eigenvalue weighted by atomic mass is 32.1. The lowest BCUT2D eigenvalue weighted by Gasteiger charge is -2.30. The summed E-state index contributed by atoms with van der Waals surface area (Å²) >= 11 is 5.14. The third kappa shape index (κ3) is 3.41. The third-order valence-corrected chi connectivity index (χ3v) is 4.02. The molecule has 2 aromatic carbocycles. The highest BCUT2D eigenvalue weighted by Gasteiger charge is 2.38. The maximum absolute atomic E-state index is 12.8. The zero-order valence-electron chi connectivity index (χ0n) is 13.3. The molecule has 1 heterocycles. The van der Waals surface area contributed by atoms with E-state index in [1.807, 2.05) is 19.1 Å². The van der Waals surface area contributed by atoms with Crippen molar-refractivity contribution < 1.29 is 14.7 Å². The Morgan fingerprint density at radius 2 is 1.84 bits per heavy atom. The molecule has 0 aliphatic carbocycles. The molecule has 6 nitrogen and oxygen atoms in total. The Morgan fingerprint density at radius 3 is 2.52 bits per heavy atom. The lowest BCUT2D eigenvalue weighted by Crippen LogP contribution is -2.58. The van der Waals surface area contributed by atoms with Gasteiger partial charge in [0.15, 0.2) is 11.0 Å². The van der Waals surface area contributed by atoms with Gasteiger partial charge in [0.25, 0.3) is 5.91 Å². The van der Waals surface area contributed by atoms with Crippen molar-refractivity contribution >= 4 is 46.7 Å². The van der Waals surface area contributed by atoms with Crippen LogP contribution in [0.4, 0.5) is 11.4 Å². The number of nitrogens with zero attached hydrogens (tertiary/aromatic N) is 2. The molecular formula is C18H15N3O3S. The molecule has 1 aliphatic heterocycles. The summed E-state index contributed by atoms with van der Waals surface area (Å²) in [7, 11) is 0. The number of aryl methyl sites for hydroxylation is 1. The van der Waals surface area contributed by atoms with Gasteiger partial charge in [-0.05, 0) is 43.4 Å². The maximum Gasteiger partial charge on any atom is 0.251 e. The van der Waals surface area contributed by atoms with E-state index in [1.54, 1.807) is 30.3 Å². The van der Waals surface area contributed by atoms with Crippen LogP contribution >= 0.6 is 12.2 Å². The second-order valence-electron chi connectivity index (χ2n) is 5.55. The molecule has 0 unspecified atom stereocenters. The molecule has 1 fully saturated rings. The van der Waals surface area contributed by atoms with E-state index >= 15 is 0 Å². The van der Waals surface area contributed by atoms with Crippen molar-refractivity contribution in [1.82, 2.24) is 5.32 Å². The molecule has 0 aromatic heterocycles. The second-order valence-corrected chi connectivity index (χ2v) is 5.93. The smallest absolute Gasteiger partial charge is 0.251 e. The zero-order chi connectivity index (χ0) is 18.0. The van der Waals surface area contributed by atoms with Gasteiger partial charge < -0.3 is 10.4 Å². The van der Waals surface area contributed by atoms with E-state index in [0.717, 1.165) is 5.56 Å². The number of thiocarbonyl (C=S) groups is 1. The average Bonchev–Trinajstić information content (AvgIpc) is 2.57. The number of hydrogen-bond acceptors (Lipinski definition) is 5. The largest absolute Gasteiger partial charge is 0.506 e. The lowest BCUT2D eigenvalue weighted by molar-refractivity contribution is -0.130. The Labute approximate surface area is 149 Å². The first kappa shape index (κ1) is 16.8. The summed E-state index contributed by atoms with van der Waals surface area (Å²) < 4.78 is 0. The van der Waals surface area contributed by atoms with E-state index < -0.39 is 17.7 Å². The summed E-state index contributed by atoms with van der Waals surface area (Å²) in [6.45, 7) is 1.93. The Balaban J connectivity index is 1.90. The molecule has 2 N–H and O–H groups in total. The van der Waals surface area contributed by atoms with Crippen LogP contribution in [0.5, 0.6) is 5.75 Å². The highest BCUT2D eigenvalue weighted by Crippen LogP contribution is 2.26. The van der Waals surface area contributed by atoms with Crippen LogP contribution in [-0.2, 0) is 9.59 Å². The number of para-hydroxylation sites is 2. The minimum absolute atomic E-state index is 0.0334. The molecule has 1 aliphatic rings. The predicted octanol–water partition coefficient (Wildman–Crippen LogP) is 2.47. The molecule has 3 rings (SSSR count). The van der Waals surface area contributed by atoms with Gasteiger partial charge in [-0.25, -0.2) is 0 Å². The van der Waals surface area contributed by atoms with Crippen LogP contribution in [0, 0.1) is 12.8 Å². The maximum atomic E-state index is 12.8. The predicted molar refractivity (Wildman–Crippen MR) is 99.2 cm³/mol. The van der Waals surface area contributed by atoms with Gasteiger partial charge in [-0.2, -0.15) is 0 Å². The SMILES string of the molecule is Cc1ccc(N2C(=O)[C@H](C=Nc3ccccc3O)C(=O)NC2=S)cc1. The van der Waals surface area contributed by atoms with Gasteiger partial charge in [0, 0.05) is 6.21 Å². The van der Waals surface area contributed by atoms with E-state index in [4.69, 9.17) is 12.2 Å². The third-order valence-electron chi connectivity index (χ3n) is 3.74. The molecule has 126 valence electrons. The van der Waals surface area contributed by atoms with Crippen LogP contribution < -0.4 is 10.2 Å². The standard InChI is InChI=1S/C18H15N3O3S/c1-11-6-8-12(9-7-11)21-17(24)13(16(23)20-18(21)25)10-19-14-4-2-3-5-15(14)22/h2-10,13,22H,1H3,(H,20,23,25)/t13-/m1/s1. The first-order chi connectivity index (χ1) is 12.0. The van der Waals surface area contributed by atoms with E-state index in [0.29, 0.717) is 5.69 Å². The van der Waals surface area contributed by atoms with E-state index in [9.17, 15) is 14.7 Å². The first-order valence-corrected chi connectivity index (χ1v) is 7.96. The zero-order valence-corrected chi connectivity index (χ0v) is 14.2. The molecule has 2 aromatic rings. The summed E-state index contributed by atoms with van der Waals surface area (Å²) in [5.41, 5.74) is 1.89. The molecule has 25 heavy (non-hydrogen) atoms. The second kappa shape index (κ2) is 6.82. The average molecular weight is 353 g/mol. The monoisotopic (exact) mass is 353 g/mol. The number of amides is 2. The van der Waals surface area contributed by atoms with E-state index in [2.05, 4.69) is 10.3 Å². The van der Waals surface area contributed by atoms with Crippen molar-refractivity contribution in [3.63, 3.8) is 0 Å². The lowest BCUT2D eigenvalue weighted by atomic mass is 10.1. The summed E-state index contributed by atoms with van der Waals surface area (Å²) in [6, 6.07) is 13.6. The van der Waals surface area contributed by atoms with Crippen molar-refractivity contribution in [1.29, 1.82) is 0 Å². The van der Waals surface area contributed by atoms with Gasteiger partial charge in [-0.15, -0.1) is 0 Å². The number of carbonyl (C=O) groups is 2. The molecule has 2 amide bonds. The fourth-order valence-electron chi connectivity index (χ4n) is 2.39. The number of rotatable bonds is 3. The summed E-state index contributed by atoms with van der Waals surface area (Å²) in [5.74, 6) is -2.20. The summed E-state index contributed by atoms with van der Waals surface area (Å²) in [6.07, 6.45) is 1.22. The summed E-state index contributed by atoms with van der Waals surface area (Å²) in [5, 5.41) is 12.3.